The van der Waals surface area contributed by atoms with E-state index in [1.54, 1.807) is 0 Å². The Bertz CT molecular complexity index is 1070. The predicted molar refractivity (Wildman–Crippen MR) is 152 cm³/mol. The number of rotatable bonds is 14. The van der Waals surface area contributed by atoms with Gasteiger partial charge in [0, 0.05) is 37.9 Å². The monoisotopic (exact) mass is 537 g/mol. The summed E-state index contributed by atoms with van der Waals surface area (Å²) in [4.78, 5) is 33.0. The Morgan fingerprint density at radius 2 is 1.85 bits per heavy atom. The maximum absolute atomic E-state index is 13.1. The summed E-state index contributed by atoms with van der Waals surface area (Å²) < 4.78 is 11.6. The highest BCUT2D eigenvalue weighted by molar-refractivity contribution is 5.94. The van der Waals surface area contributed by atoms with Crippen molar-refractivity contribution >= 4 is 22.6 Å². The van der Waals surface area contributed by atoms with Crippen LogP contribution in [-0.4, -0.2) is 62.4 Å². The molecule has 39 heavy (non-hydrogen) atoms. The molecule has 2 aliphatic heterocycles. The number of unbranched alkanes of at least 4 members (excludes halogenated alkanes) is 2. The van der Waals surface area contributed by atoms with Gasteiger partial charge in [-0.25, -0.2) is 10.3 Å². The number of hydrogen-bond donors (Lipinski definition) is 2. The highest BCUT2D eigenvalue weighted by Crippen LogP contribution is 2.25. The summed E-state index contributed by atoms with van der Waals surface area (Å²) in [6.45, 7) is 4.57. The number of nitrogens with zero attached hydrogens (tertiary/aromatic N) is 1. The van der Waals surface area contributed by atoms with Gasteiger partial charge < -0.3 is 19.7 Å². The number of benzene rings is 2. The summed E-state index contributed by atoms with van der Waals surface area (Å²) in [7, 11) is 0. The first-order valence-corrected chi connectivity index (χ1v) is 14.6. The van der Waals surface area contributed by atoms with Crippen LogP contribution >= 0.6 is 0 Å². The van der Waals surface area contributed by atoms with Crippen LogP contribution in [0.25, 0.3) is 10.8 Å². The molecule has 2 aliphatic rings. The van der Waals surface area contributed by atoms with Crippen LogP contribution in [0, 0.1) is 0 Å². The predicted octanol–water partition coefficient (Wildman–Crippen LogP) is 4.88. The van der Waals surface area contributed by atoms with Gasteiger partial charge in [0.2, 0.25) is 11.8 Å². The number of carbonyl (C=O) groups is 2. The summed E-state index contributed by atoms with van der Waals surface area (Å²) in [5.74, 6) is 0.521. The molecule has 1 atom stereocenters. The fraction of sp³-hybridized carbons (Fsp3) is 0.548. The number of amides is 2. The molecule has 212 valence electrons. The molecule has 2 N–H and O–H groups in total. The quantitative estimate of drug-likeness (QED) is 0.203. The van der Waals surface area contributed by atoms with Gasteiger partial charge in [-0.3, -0.25) is 9.59 Å². The molecule has 2 aromatic carbocycles. The van der Waals surface area contributed by atoms with Crippen molar-refractivity contribution < 1.29 is 23.9 Å². The maximum Gasteiger partial charge on any atom is 0.250 e. The zero-order valence-electron chi connectivity index (χ0n) is 23.0. The molecule has 0 saturated carbocycles. The smallest absolute Gasteiger partial charge is 0.250 e. The van der Waals surface area contributed by atoms with Crippen LogP contribution in [-0.2, 0) is 19.2 Å². The molecule has 2 heterocycles. The van der Waals surface area contributed by atoms with Gasteiger partial charge in [-0.2, -0.15) is 0 Å². The van der Waals surface area contributed by atoms with Gasteiger partial charge in [0.15, 0.2) is 6.29 Å². The van der Waals surface area contributed by atoms with Gasteiger partial charge in [0.1, 0.15) is 12.4 Å². The van der Waals surface area contributed by atoms with Crippen LogP contribution in [0.15, 0.2) is 54.1 Å². The third kappa shape index (κ3) is 9.95. The van der Waals surface area contributed by atoms with E-state index < -0.39 is 0 Å². The Labute approximate surface area is 232 Å². The van der Waals surface area contributed by atoms with Gasteiger partial charge in [-0.15, -0.1) is 0 Å². The molecule has 8 heteroatoms. The van der Waals surface area contributed by atoms with Crippen LogP contribution in [0.1, 0.15) is 64.2 Å². The number of piperidine rings is 1. The highest BCUT2D eigenvalue weighted by atomic mass is 16.8. The first kappa shape index (κ1) is 29.1. The Morgan fingerprint density at radius 3 is 2.69 bits per heavy atom. The fourth-order valence-corrected chi connectivity index (χ4v) is 5.01. The molecule has 0 radical (unpaired) electrons. The van der Waals surface area contributed by atoms with E-state index in [-0.39, 0.29) is 24.7 Å². The number of allylic oxidation sites excluding steroid dienone is 1. The molecule has 0 aliphatic carbocycles. The highest BCUT2D eigenvalue weighted by Gasteiger charge is 2.16. The molecular weight excluding hydrogens is 494 g/mol. The van der Waals surface area contributed by atoms with Gasteiger partial charge in [-0.05, 0) is 69.5 Å². The molecule has 2 aromatic rings. The van der Waals surface area contributed by atoms with E-state index >= 15 is 0 Å². The Balaban J connectivity index is 1.25. The summed E-state index contributed by atoms with van der Waals surface area (Å²) in [5.41, 5.74) is 3.12. The number of hydroxylamine groups is 1. The average Bonchev–Trinajstić information content (AvgIpc) is 2.98. The second kappa shape index (κ2) is 16.2. The minimum Gasteiger partial charge on any atom is -0.488 e. The van der Waals surface area contributed by atoms with E-state index in [0.29, 0.717) is 38.0 Å². The standard InChI is InChI=1S/C31H43N3O5/c35-29(33-39-30-18-7-10-23-37-30)17-4-1-3-13-26(31(36)32-19-22-34-20-8-2-9-21-34)24-38-28-16-11-14-25-12-5-6-15-27(25)28/h5-6,11-16,30H,1-4,7-10,17-24H2,(H,32,36)(H,33,35)/b26-13+. The summed E-state index contributed by atoms with van der Waals surface area (Å²) in [6, 6.07) is 14.0. The lowest BCUT2D eigenvalue weighted by Gasteiger charge is -2.26. The van der Waals surface area contributed by atoms with Crippen molar-refractivity contribution in [3.63, 3.8) is 0 Å². The Kier molecular flexibility index (Phi) is 12.1. The van der Waals surface area contributed by atoms with E-state index in [0.717, 1.165) is 61.8 Å². The minimum absolute atomic E-state index is 0.0918. The zero-order valence-corrected chi connectivity index (χ0v) is 23.0. The van der Waals surface area contributed by atoms with Gasteiger partial charge in [0.25, 0.3) is 0 Å². The fourth-order valence-electron chi connectivity index (χ4n) is 5.01. The van der Waals surface area contributed by atoms with E-state index in [1.807, 2.05) is 36.4 Å². The van der Waals surface area contributed by atoms with Crippen molar-refractivity contribution in [3.8, 4) is 5.75 Å². The number of likely N-dealkylation sites (tertiary alicyclic amines) is 1. The normalized spacial score (nSPS) is 18.6. The zero-order chi connectivity index (χ0) is 27.1. The van der Waals surface area contributed by atoms with Crippen LogP contribution in [0.4, 0.5) is 0 Å². The van der Waals surface area contributed by atoms with Crippen molar-refractivity contribution in [1.82, 2.24) is 15.7 Å². The molecule has 8 nitrogen and oxygen atoms in total. The topological polar surface area (TPSA) is 89.1 Å². The van der Waals surface area contributed by atoms with Crippen molar-refractivity contribution in [2.24, 2.45) is 0 Å². The van der Waals surface area contributed by atoms with Gasteiger partial charge in [-0.1, -0.05) is 48.9 Å². The first-order chi connectivity index (χ1) is 19.2. The lowest BCUT2D eigenvalue weighted by molar-refractivity contribution is -0.200. The Hall–Kier alpha value is -2.94. The molecule has 2 saturated heterocycles. The summed E-state index contributed by atoms with van der Waals surface area (Å²) >= 11 is 0. The summed E-state index contributed by atoms with van der Waals surface area (Å²) in [6.07, 6.45) is 10.8. The third-order valence-electron chi connectivity index (χ3n) is 7.28. The first-order valence-electron chi connectivity index (χ1n) is 14.6. The molecule has 2 amide bonds. The molecule has 0 spiro atoms. The van der Waals surface area contributed by atoms with E-state index in [9.17, 15) is 9.59 Å². The molecular formula is C31H43N3O5. The van der Waals surface area contributed by atoms with Crippen LogP contribution < -0.4 is 15.5 Å². The number of ether oxygens (including phenoxy) is 2. The molecule has 0 aromatic heterocycles. The number of fused-ring (bicyclic) bond motifs is 1. The molecule has 2 fully saturated rings. The number of carbonyl (C=O) groups excluding carboxylic acids is 2. The molecule has 4 rings (SSSR count). The van der Waals surface area contributed by atoms with Crippen LogP contribution in [0.2, 0.25) is 0 Å². The third-order valence-corrected chi connectivity index (χ3v) is 7.28. The number of hydrogen-bond acceptors (Lipinski definition) is 6. The van der Waals surface area contributed by atoms with Crippen molar-refractivity contribution in [1.29, 1.82) is 0 Å². The van der Waals surface area contributed by atoms with Crippen LogP contribution in [0.5, 0.6) is 5.75 Å². The SMILES string of the molecule is O=C(CCCC/C=C(\COc1cccc2ccccc12)C(=O)NCCN1CCCCC1)NOC1CCCCO1. The van der Waals surface area contributed by atoms with Crippen molar-refractivity contribution in [3.05, 3.63) is 54.1 Å². The van der Waals surface area contributed by atoms with Crippen molar-refractivity contribution in [2.45, 2.75) is 70.5 Å². The minimum atomic E-state index is -0.344. The van der Waals surface area contributed by atoms with Crippen molar-refractivity contribution in [2.75, 3.05) is 39.4 Å². The van der Waals surface area contributed by atoms with E-state index in [2.05, 4.69) is 27.8 Å². The van der Waals surface area contributed by atoms with E-state index in [1.165, 1.54) is 19.3 Å². The van der Waals surface area contributed by atoms with Gasteiger partial charge >= 0.3 is 0 Å². The Morgan fingerprint density at radius 1 is 1.00 bits per heavy atom. The molecule has 0 bridgehead atoms. The maximum atomic E-state index is 13.1. The van der Waals surface area contributed by atoms with E-state index in [4.69, 9.17) is 14.3 Å². The van der Waals surface area contributed by atoms with Gasteiger partial charge in [0.05, 0.1) is 5.57 Å². The molecule has 1 unspecified atom stereocenters. The largest absolute Gasteiger partial charge is 0.488 e. The number of nitrogens with one attached hydrogen (secondary N) is 2. The lowest BCUT2D eigenvalue weighted by Crippen LogP contribution is -2.38. The second-order valence-corrected chi connectivity index (χ2v) is 10.3. The van der Waals surface area contributed by atoms with Crippen LogP contribution in [0.3, 0.4) is 0 Å². The lowest BCUT2D eigenvalue weighted by atomic mass is 10.1. The second-order valence-electron chi connectivity index (χ2n) is 10.3. The summed E-state index contributed by atoms with van der Waals surface area (Å²) in [5, 5.41) is 5.21. The average molecular weight is 538 g/mol.